The second-order valence-electron chi connectivity index (χ2n) is 8.14. The molecule has 3 aromatic rings. The summed E-state index contributed by atoms with van der Waals surface area (Å²) in [5, 5.41) is 9.67. The molecule has 166 valence electrons. The summed E-state index contributed by atoms with van der Waals surface area (Å²) in [5.41, 5.74) is 4.31. The van der Waals surface area contributed by atoms with Gasteiger partial charge in [0, 0.05) is 6.54 Å². The number of carboxylic acids is 1. The van der Waals surface area contributed by atoms with Crippen LogP contribution in [0.3, 0.4) is 0 Å². The van der Waals surface area contributed by atoms with Crippen molar-refractivity contribution in [2.45, 2.75) is 18.9 Å². The van der Waals surface area contributed by atoms with Gasteiger partial charge in [0.2, 0.25) is 0 Å². The highest BCUT2D eigenvalue weighted by Crippen LogP contribution is 2.42. The molecule has 0 bridgehead atoms. The van der Waals surface area contributed by atoms with Crippen LogP contribution in [0.15, 0.2) is 72.8 Å². The fraction of sp³-hybridized carbons (Fsp3) is 0.296. The first kappa shape index (κ1) is 21.9. The molecule has 4 rings (SSSR count). The first-order valence-electron chi connectivity index (χ1n) is 11.0. The van der Waals surface area contributed by atoms with Gasteiger partial charge in [-0.05, 0) is 48.2 Å². The molecule has 5 nitrogen and oxygen atoms in total. The number of rotatable bonds is 7. The van der Waals surface area contributed by atoms with Crippen molar-refractivity contribution in [2.75, 3.05) is 27.3 Å². The van der Waals surface area contributed by atoms with E-state index < -0.39 is 5.97 Å². The van der Waals surface area contributed by atoms with Crippen LogP contribution in [0.5, 0.6) is 11.5 Å². The summed E-state index contributed by atoms with van der Waals surface area (Å²) in [4.78, 5) is 14.0. The van der Waals surface area contributed by atoms with Gasteiger partial charge in [-0.1, -0.05) is 60.7 Å². The van der Waals surface area contributed by atoms with Gasteiger partial charge in [0.25, 0.3) is 0 Å². The van der Waals surface area contributed by atoms with Crippen molar-refractivity contribution in [3.63, 3.8) is 0 Å². The minimum Gasteiger partial charge on any atom is -0.496 e. The first-order chi connectivity index (χ1) is 15.6. The second kappa shape index (κ2) is 9.88. The number of piperidine rings is 1. The molecule has 2 unspecified atom stereocenters. The minimum absolute atomic E-state index is 0.173. The Labute approximate surface area is 189 Å². The second-order valence-corrected chi connectivity index (χ2v) is 8.14. The van der Waals surface area contributed by atoms with E-state index in [-0.39, 0.29) is 12.0 Å². The number of hydrogen-bond donors (Lipinski definition) is 1. The van der Waals surface area contributed by atoms with Crippen LogP contribution in [-0.2, 0) is 4.79 Å². The van der Waals surface area contributed by atoms with Gasteiger partial charge in [0.05, 0.1) is 31.7 Å². The molecular weight excluding hydrogens is 402 g/mol. The van der Waals surface area contributed by atoms with Gasteiger partial charge in [-0.25, -0.2) is 0 Å². The number of hydrogen-bond acceptors (Lipinski definition) is 4. The van der Waals surface area contributed by atoms with Gasteiger partial charge in [-0.2, -0.15) is 0 Å². The van der Waals surface area contributed by atoms with Crippen LogP contribution in [0.25, 0.3) is 11.1 Å². The molecule has 3 aromatic carbocycles. The van der Waals surface area contributed by atoms with E-state index in [0.717, 1.165) is 46.7 Å². The van der Waals surface area contributed by atoms with Crippen molar-refractivity contribution in [2.24, 2.45) is 5.92 Å². The fourth-order valence-corrected chi connectivity index (χ4v) is 4.64. The van der Waals surface area contributed by atoms with Crippen molar-refractivity contribution in [3.8, 4) is 22.6 Å². The zero-order valence-electron chi connectivity index (χ0n) is 18.5. The number of ether oxygens (including phenoxy) is 2. The van der Waals surface area contributed by atoms with E-state index in [2.05, 4.69) is 41.3 Å². The molecule has 1 saturated heterocycles. The van der Waals surface area contributed by atoms with Crippen LogP contribution in [-0.4, -0.2) is 43.3 Å². The lowest BCUT2D eigenvalue weighted by Gasteiger charge is -2.38. The lowest BCUT2D eigenvalue weighted by atomic mass is 9.89. The SMILES string of the molecule is COc1cccc(OC)c1C(c1ccc(-c2ccccc2)cc1)N1CCCC(C(=O)O)C1. The Kier molecular flexibility index (Phi) is 6.76. The highest BCUT2D eigenvalue weighted by molar-refractivity contribution is 5.70. The van der Waals surface area contributed by atoms with Gasteiger partial charge in [0.15, 0.2) is 0 Å². The smallest absolute Gasteiger partial charge is 0.307 e. The normalized spacial score (nSPS) is 17.5. The predicted octanol–water partition coefficient (Wildman–Crippen LogP) is 5.26. The van der Waals surface area contributed by atoms with Gasteiger partial charge in [0.1, 0.15) is 11.5 Å². The molecule has 5 heteroatoms. The highest BCUT2D eigenvalue weighted by Gasteiger charge is 2.34. The predicted molar refractivity (Wildman–Crippen MR) is 125 cm³/mol. The number of aliphatic carboxylic acids is 1. The molecule has 1 fully saturated rings. The molecule has 0 radical (unpaired) electrons. The number of likely N-dealkylation sites (tertiary alicyclic amines) is 1. The van der Waals surface area contributed by atoms with Crippen LogP contribution in [0.4, 0.5) is 0 Å². The Bertz CT molecular complexity index is 1030. The molecular formula is C27H29NO4. The number of benzene rings is 3. The summed E-state index contributed by atoms with van der Waals surface area (Å²) < 4.78 is 11.5. The largest absolute Gasteiger partial charge is 0.496 e. The lowest BCUT2D eigenvalue weighted by molar-refractivity contribution is -0.143. The molecule has 0 spiro atoms. The minimum atomic E-state index is -0.736. The van der Waals surface area contributed by atoms with E-state index in [1.165, 1.54) is 0 Å². The van der Waals surface area contributed by atoms with E-state index in [1.54, 1.807) is 14.2 Å². The summed E-state index contributed by atoms with van der Waals surface area (Å²) in [6, 6.07) is 24.4. The fourth-order valence-electron chi connectivity index (χ4n) is 4.64. The molecule has 1 N–H and O–H groups in total. The van der Waals surface area contributed by atoms with E-state index in [9.17, 15) is 9.90 Å². The summed E-state index contributed by atoms with van der Waals surface area (Å²) in [5.74, 6) is 0.355. The molecule has 0 amide bonds. The van der Waals surface area contributed by atoms with E-state index >= 15 is 0 Å². The van der Waals surface area contributed by atoms with E-state index in [1.807, 2.05) is 36.4 Å². The van der Waals surface area contributed by atoms with E-state index in [4.69, 9.17) is 9.47 Å². The molecule has 1 aliphatic rings. The number of methoxy groups -OCH3 is 2. The molecule has 2 atom stereocenters. The highest BCUT2D eigenvalue weighted by atomic mass is 16.5. The molecule has 32 heavy (non-hydrogen) atoms. The average Bonchev–Trinajstić information content (AvgIpc) is 2.85. The monoisotopic (exact) mass is 431 g/mol. The molecule has 0 aliphatic carbocycles. The summed E-state index contributed by atoms with van der Waals surface area (Å²) >= 11 is 0. The third kappa shape index (κ3) is 4.48. The lowest BCUT2D eigenvalue weighted by Crippen LogP contribution is -2.41. The average molecular weight is 432 g/mol. The molecule has 1 aliphatic heterocycles. The third-order valence-corrected chi connectivity index (χ3v) is 6.24. The number of nitrogens with zero attached hydrogens (tertiary/aromatic N) is 1. The van der Waals surface area contributed by atoms with Gasteiger partial charge in [-0.3, -0.25) is 9.69 Å². The quantitative estimate of drug-likeness (QED) is 0.553. The number of carboxylic acid groups (broad SMARTS) is 1. The number of carbonyl (C=O) groups is 1. The molecule has 0 aromatic heterocycles. The maximum atomic E-state index is 11.8. The maximum Gasteiger partial charge on any atom is 0.307 e. The molecule has 0 saturated carbocycles. The van der Waals surface area contributed by atoms with Crippen LogP contribution < -0.4 is 9.47 Å². The van der Waals surface area contributed by atoms with Gasteiger partial charge >= 0.3 is 5.97 Å². The Morgan fingerprint density at radius 1 is 0.906 bits per heavy atom. The van der Waals surface area contributed by atoms with Crippen molar-refractivity contribution in [1.82, 2.24) is 4.90 Å². The summed E-state index contributed by atoms with van der Waals surface area (Å²) in [6.45, 7) is 1.30. The Hall–Kier alpha value is -3.31. The van der Waals surface area contributed by atoms with Crippen molar-refractivity contribution < 1.29 is 19.4 Å². The maximum absolute atomic E-state index is 11.8. The Morgan fingerprint density at radius 3 is 2.12 bits per heavy atom. The van der Waals surface area contributed by atoms with Crippen molar-refractivity contribution in [1.29, 1.82) is 0 Å². The van der Waals surface area contributed by atoms with Crippen LogP contribution in [0.2, 0.25) is 0 Å². The van der Waals surface area contributed by atoms with Crippen LogP contribution in [0.1, 0.15) is 30.0 Å². The van der Waals surface area contributed by atoms with E-state index in [0.29, 0.717) is 13.0 Å². The Morgan fingerprint density at radius 2 is 1.53 bits per heavy atom. The summed E-state index contributed by atoms with van der Waals surface area (Å²) in [6.07, 6.45) is 1.54. The standard InChI is InChI=1S/C27H29NO4/c1-31-23-11-6-12-24(32-2)25(23)26(28-17-7-10-22(18-28)27(29)30)21-15-13-20(14-16-21)19-8-4-3-5-9-19/h3-6,8-9,11-16,22,26H,7,10,17-18H2,1-2H3,(H,29,30). The third-order valence-electron chi connectivity index (χ3n) is 6.24. The Balaban J connectivity index is 1.79. The first-order valence-corrected chi connectivity index (χ1v) is 11.0. The van der Waals surface area contributed by atoms with Crippen LogP contribution in [0, 0.1) is 5.92 Å². The van der Waals surface area contributed by atoms with Crippen molar-refractivity contribution >= 4 is 5.97 Å². The topological polar surface area (TPSA) is 59.0 Å². The zero-order chi connectivity index (χ0) is 22.5. The van der Waals surface area contributed by atoms with Crippen molar-refractivity contribution in [3.05, 3.63) is 83.9 Å². The summed E-state index contributed by atoms with van der Waals surface area (Å²) in [7, 11) is 3.31. The van der Waals surface area contributed by atoms with Crippen LogP contribution >= 0.6 is 0 Å². The van der Waals surface area contributed by atoms with Gasteiger partial charge in [-0.15, -0.1) is 0 Å². The van der Waals surface area contributed by atoms with Gasteiger partial charge < -0.3 is 14.6 Å². The molecule has 1 heterocycles. The zero-order valence-corrected chi connectivity index (χ0v) is 18.5.